The maximum atomic E-state index is 5.73. The molecular formula is C13H23N3O2S. The van der Waals surface area contributed by atoms with Crippen molar-refractivity contribution in [2.45, 2.75) is 44.8 Å². The van der Waals surface area contributed by atoms with Gasteiger partial charge in [-0.1, -0.05) is 0 Å². The van der Waals surface area contributed by atoms with Crippen LogP contribution in [0.3, 0.4) is 0 Å². The molecule has 1 N–H and O–H groups in total. The van der Waals surface area contributed by atoms with Crippen LogP contribution in [0, 0.1) is 0 Å². The number of hydrogen-bond acceptors (Lipinski definition) is 6. The highest BCUT2D eigenvalue weighted by Crippen LogP contribution is 2.19. The minimum atomic E-state index is 0.431. The molecular weight excluding hydrogens is 262 g/mol. The average molecular weight is 285 g/mol. The standard InChI is InChI=1S/C13H23N3O2S/c1-17-9-7-14-10-13-16-15-12(19-13)6-5-11-4-2-3-8-18-11/h11,14H,2-10H2,1H3. The molecule has 1 atom stereocenters. The number of methoxy groups -OCH3 is 1. The van der Waals surface area contributed by atoms with Gasteiger partial charge in [-0.05, 0) is 25.7 Å². The van der Waals surface area contributed by atoms with E-state index < -0.39 is 0 Å². The topological polar surface area (TPSA) is 56.3 Å². The summed E-state index contributed by atoms with van der Waals surface area (Å²) in [5.41, 5.74) is 0. The highest BCUT2D eigenvalue weighted by Gasteiger charge is 2.14. The Labute approximate surface area is 118 Å². The zero-order valence-electron chi connectivity index (χ0n) is 11.6. The van der Waals surface area contributed by atoms with Crippen molar-refractivity contribution in [1.29, 1.82) is 0 Å². The fraction of sp³-hybridized carbons (Fsp3) is 0.846. The summed E-state index contributed by atoms with van der Waals surface area (Å²) in [5, 5.41) is 13.9. The zero-order chi connectivity index (χ0) is 13.3. The Morgan fingerprint density at radius 1 is 1.37 bits per heavy atom. The van der Waals surface area contributed by atoms with Crippen LogP contribution >= 0.6 is 11.3 Å². The fourth-order valence-electron chi connectivity index (χ4n) is 2.15. The summed E-state index contributed by atoms with van der Waals surface area (Å²) in [5.74, 6) is 0. The van der Waals surface area contributed by atoms with Gasteiger partial charge in [0.15, 0.2) is 0 Å². The quantitative estimate of drug-likeness (QED) is 0.738. The van der Waals surface area contributed by atoms with Crippen LogP contribution in [0.1, 0.15) is 35.7 Å². The van der Waals surface area contributed by atoms with Crippen LogP contribution in [0.15, 0.2) is 0 Å². The molecule has 1 aromatic rings. The van der Waals surface area contributed by atoms with E-state index in [2.05, 4.69) is 15.5 Å². The van der Waals surface area contributed by atoms with Crippen LogP contribution in [0.4, 0.5) is 0 Å². The van der Waals surface area contributed by atoms with Crippen molar-refractivity contribution < 1.29 is 9.47 Å². The lowest BCUT2D eigenvalue weighted by Gasteiger charge is -2.21. The van der Waals surface area contributed by atoms with Gasteiger partial charge in [0.25, 0.3) is 0 Å². The van der Waals surface area contributed by atoms with Crippen LogP contribution in [0.25, 0.3) is 0 Å². The van der Waals surface area contributed by atoms with Crippen molar-refractivity contribution in [3.8, 4) is 0 Å². The molecule has 1 fully saturated rings. The maximum Gasteiger partial charge on any atom is 0.131 e. The van der Waals surface area contributed by atoms with Crippen molar-refractivity contribution in [3.63, 3.8) is 0 Å². The number of nitrogens with zero attached hydrogens (tertiary/aromatic N) is 2. The lowest BCUT2D eigenvalue weighted by Crippen LogP contribution is -2.19. The van der Waals surface area contributed by atoms with Crippen molar-refractivity contribution in [3.05, 3.63) is 10.0 Å². The Hall–Kier alpha value is -0.560. The molecule has 1 saturated heterocycles. The Bertz CT molecular complexity index is 353. The third-order valence-corrected chi connectivity index (χ3v) is 4.21. The van der Waals surface area contributed by atoms with Gasteiger partial charge in [-0.2, -0.15) is 0 Å². The fourth-order valence-corrected chi connectivity index (χ4v) is 2.98. The summed E-state index contributed by atoms with van der Waals surface area (Å²) >= 11 is 1.70. The third kappa shape index (κ3) is 5.52. The normalized spacial score (nSPS) is 19.7. The van der Waals surface area contributed by atoms with Gasteiger partial charge in [0, 0.05) is 33.2 Å². The largest absolute Gasteiger partial charge is 0.383 e. The SMILES string of the molecule is COCCNCc1nnc(CCC2CCCCO2)s1. The first-order valence-corrected chi connectivity index (χ1v) is 7.82. The van der Waals surface area contributed by atoms with Gasteiger partial charge in [0.2, 0.25) is 0 Å². The van der Waals surface area contributed by atoms with Crippen LogP contribution in [-0.4, -0.2) is 43.2 Å². The van der Waals surface area contributed by atoms with E-state index in [1.54, 1.807) is 18.4 Å². The summed E-state index contributed by atoms with van der Waals surface area (Å²) in [6.07, 6.45) is 6.21. The second kappa shape index (κ2) is 8.58. The van der Waals surface area contributed by atoms with Gasteiger partial charge < -0.3 is 14.8 Å². The Morgan fingerprint density at radius 3 is 3.05 bits per heavy atom. The van der Waals surface area contributed by atoms with E-state index >= 15 is 0 Å². The molecule has 19 heavy (non-hydrogen) atoms. The summed E-state index contributed by atoms with van der Waals surface area (Å²) in [7, 11) is 1.71. The molecule has 1 aliphatic heterocycles. The molecule has 0 saturated carbocycles. The van der Waals surface area contributed by atoms with E-state index in [9.17, 15) is 0 Å². The van der Waals surface area contributed by atoms with Gasteiger partial charge in [0.1, 0.15) is 10.0 Å². The third-order valence-electron chi connectivity index (χ3n) is 3.22. The molecule has 0 radical (unpaired) electrons. The van der Waals surface area contributed by atoms with Gasteiger partial charge in [-0.15, -0.1) is 21.5 Å². The summed E-state index contributed by atoms with van der Waals surface area (Å²) < 4.78 is 10.7. The van der Waals surface area contributed by atoms with Crippen LogP contribution in [0.5, 0.6) is 0 Å². The predicted molar refractivity (Wildman–Crippen MR) is 75.4 cm³/mol. The van der Waals surface area contributed by atoms with Crippen LogP contribution in [0.2, 0.25) is 0 Å². The minimum absolute atomic E-state index is 0.431. The van der Waals surface area contributed by atoms with Gasteiger partial charge in [-0.25, -0.2) is 0 Å². The molecule has 2 heterocycles. The zero-order valence-corrected chi connectivity index (χ0v) is 12.4. The van der Waals surface area contributed by atoms with Crippen molar-refractivity contribution in [1.82, 2.24) is 15.5 Å². The molecule has 2 rings (SSSR count). The molecule has 6 heteroatoms. The van der Waals surface area contributed by atoms with E-state index in [1.807, 2.05) is 0 Å². The van der Waals surface area contributed by atoms with Gasteiger partial charge >= 0.3 is 0 Å². The van der Waals surface area contributed by atoms with E-state index in [4.69, 9.17) is 9.47 Å². The Balaban J connectivity index is 1.65. The number of aromatic nitrogens is 2. The lowest BCUT2D eigenvalue weighted by molar-refractivity contribution is 0.0115. The van der Waals surface area contributed by atoms with Gasteiger partial charge in [0.05, 0.1) is 12.7 Å². The van der Waals surface area contributed by atoms with Crippen molar-refractivity contribution in [2.24, 2.45) is 0 Å². The highest BCUT2D eigenvalue weighted by molar-refractivity contribution is 7.11. The second-order valence-corrected chi connectivity index (χ2v) is 5.93. The number of nitrogens with one attached hydrogen (secondary N) is 1. The molecule has 1 unspecified atom stereocenters. The first kappa shape index (κ1) is 14.8. The summed E-state index contributed by atoms with van der Waals surface area (Å²) in [6, 6.07) is 0. The molecule has 5 nitrogen and oxygen atoms in total. The Morgan fingerprint density at radius 2 is 2.26 bits per heavy atom. The first-order chi connectivity index (χ1) is 9.38. The molecule has 0 amide bonds. The minimum Gasteiger partial charge on any atom is -0.383 e. The van der Waals surface area contributed by atoms with Crippen molar-refractivity contribution >= 4 is 11.3 Å². The first-order valence-electron chi connectivity index (χ1n) is 7.01. The molecule has 0 bridgehead atoms. The highest BCUT2D eigenvalue weighted by atomic mass is 32.1. The van der Waals surface area contributed by atoms with Crippen LogP contribution < -0.4 is 5.32 Å². The monoisotopic (exact) mass is 285 g/mol. The predicted octanol–water partition coefficient (Wildman–Crippen LogP) is 1.78. The summed E-state index contributed by atoms with van der Waals surface area (Å²) in [6.45, 7) is 3.28. The molecule has 0 aromatic carbocycles. The molecule has 1 aromatic heterocycles. The van der Waals surface area contributed by atoms with E-state index in [1.165, 1.54) is 19.3 Å². The molecule has 0 spiro atoms. The van der Waals surface area contributed by atoms with E-state index in [0.717, 1.165) is 49.2 Å². The molecule has 108 valence electrons. The number of ether oxygens (including phenoxy) is 2. The van der Waals surface area contributed by atoms with E-state index in [-0.39, 0.29) is 0 Å². The van der Waals surface area contributed by atoms with Crippen molar-refractivity contribution in [2.75, 3.05) is 26.9 Å². The number of aryl methyl sites for hydroxylation is 1. The number of hydrogen-bond donors (Lipinski definition) is 1. The average Bonchev–Trinajstić information content (AvgIpc) is 2.91. The lowest BCUT2D eigenvalue weighted by atomic mass is 10.1. The second-order valence-electron chi connectivity index (χ2n) is 4.79. The molecule has 0 aliphatic carbocycles. The van der Waals surface area contributed by atoms with Crippen LogP contribution in [-0.2, 0) is 22.4 Å². The number of rotatable bonds is 8. The van der Waals surface area contributed by atoms with Gasteiger partial charge in [-0.3, -0.25) is 0 Å². The molecule has 1 aliphatic rings. The maximum absolute atomic E-state index is 5.73. The summed E-state index contributed by atoms with van der Waals surface area (Å²) in [4.78, 5) is 0. The van der Waals surface area contributed by atoms with E-state index in [0.29, 0.717) is 6.10 Å². The Kier molecular flexibility index (Phi) is 6.70. The smallest absolute Gasteiger partial charge is 0.131 e.